The Morgan fingerprint density at radius 2 is 1.77 bits per heavy atom. The zero-order chi connectivity index (χ0) is 20.2. The van der Waals surface area contributed by atoms with E-state index >= 15 is 0 Å². The summed E-state index contributed by atoms with van der Waals surface area (Å²) in [6.45, 7) is 2.58. The van der Waals surface area contributed by atoms with Gasteiger partial charge in [0.05, 0.1) is 5.92 Å². The number of amides is 1. The molecule has 2 heterocycles. The van der Waals surface area contributed by atoms with E-state index in [9.17, 15) is 4.79 Å². The van der Waals surface area contributed by atoms with E-state index in [-0.39, 0.29) is 36.3 Å². The van der Waals surface area contributed by atoms with Gasteiger partial charge in [-0.25, -0.2) is 0 Å². The zero-order valence-corrected chi connectivity index (χ0v) is 17.8. The predicted octanol–water partition coefficient (Wildman–Crippen LogP) is 4.55. The second-order valence-electron chi connectivity index (χ2n) is 7.59. The number of hydrogen-bond donors (Lipinski definition) is 1. The standard InChI is InChI=1S/C23H26N4O2.ClH/c1-16(20(24)17-10-4-2-5-11-17)23(28)27-15-9-8-14-19(27)22-25-21(26-29-22)18-12-6-3-7-13-18;/h2-7,10-13,16,19-20H,8-9,14-15,24H2,1H3;1H. The molecule has 1 fully saturated rings. The third-order valence-electron chi connectivity index (χ3n) is 5.66. The molecule has 3 unspecified atom stereocenters. The number of carbonyl (C=O) groups is 1. The molecular formula is C23H27ClN4O2. The van der Waals surface area contributed by atoms with Crippen LogP contribution in [0.25, 0.3) is 11.4 Å². The Kier molecular flexibility index (Phi) is 7.24. The van der Waals surface area contributed by atoms with Gasteiger partial charge in [0.15, 0.2) is 0 Å². The number of hydrogen-bond acceptors (Lipinski definition) is 5. The van der Waals surface area contributed by atoms with Crippen LogP contribution in [-0.2, 0) is 4.79 Å². The van der Waals surface area contributed by atoms with Gasteiger partial charge in [0.2, 0.25) is 17.6 Å². The van der Waals surface area contributed by atoms with Gasteiger partial charge in [-0.2, -0.15) is 4.98 Å². The lowest BCUT2D eigenvalue weighted by molar-refractivity contribution is -0.140. The Morgan fingerprint density at radius 1 is 1.10 bits per heavy atom. The van der Waals surface area contributed by atoms with Crippen molar-refractivity contribution < 1.29 is 9.32 Å². The van der Waals surface area contributed by atoms with E-state index in [1.165, 1.54) is 0 Å². The second kappa shape index (κ2) is 9.87. The van der Waals surface area contributed by atoms with Gasteiger partial charge < -0.3 is 15.2 Å². The Balaban J connectivity index is 0.00000256. The smallest absolute Gasteiger partial charge is 0.249 e. The molecule has 7 heteroatoms. The maximum atomic E-state index is 13.3. The monoisotopic (exact) mass is 426 g/mol. The number of piperidine rings is 1. The molecule has 1 amide bonds. The van der Waals surface area contributed by atoms with Crippen molar-refractivity contribution in [3.05, 3.63) is 72.1 Å². The van der Waals surface area contributed by atoms with Crippen LogP contribution >= 0.6 is 12.4 Å². The highest BCUT2D eigenvalue weighted by atomic mass is 35.5. The Labute approximate surface area is 182 Å². The first-order valence-corrected chi connectivity index (χ1v) is 10.1. The molecule has 0 spiro atoms. The topological polar surface area (TPSA) is 85.2 Å². The van der Waals surface area contributed by atoms with Gasteiger partial charge in [-0.3, -0.25) is 4.79 Å². The van der Waals surface area contributed by atoms with Gasteiger partial charge >= 0.3 is 0 Å². The van der Waals surface area contributed by atoms with E-state index < -0.39 is 0 Å². The number of nitrogens with two attached hydrogens (primary N) is 1. The van der Waals surface area contributed by atoms with Gasteiger partial charge in [-0.05, 0) is 24.8 Å². The Bertz CT molecular complexity index is 948. The van der Waals surface area contributed by atoms with E-state index in [1.54, 1.807) is 0 Å². The average Bonchev–Trinajstić information content (AvgIpc) is 3.29. The molecule has 3 aromatic rings. The molecule has 6 nitrogen and oxygen atoms in total. The summed E-state index contributed by atoms with van der Waals surface area (Å²) >= 11 is 0. The van der Waals surface area contributed by atoms with Crippen molar-refractivity contribution in [3.63, 3.8) is 0 Å². The van der Waals surface area contributed by atoms with E-state index in [2.05, 4.69) is 10.1 Å². The van der Waals surface area contributed by atoms with Crippen molar-refractivity contribution >= 4 is 18.3 Å². The zero-order valence-electron chi connectivity index (χ0n) is 17.0. The van der Waals surface area contributed by atoms with Crippen molar-refractivity contribution in [2.75, 3.05) is 6.54 Å². The fraction of sp³-hybridized carbons (Fsp3) is 0.348. The minimum atomic E-state index is -0.353. The summed E-state index contributed by atoms with van der Waals surface area (Å²) in [5, 5.41) is 4.13. The van der Waals surface area contributed by atoms with Crippen molar-refractivity contribution in [2.45, 2.75) is 38.3 Å². The minimum absolute atomic E-state index is 0. The highest BCUT2D eigenvalue weighted by Crippen LogP contribution is 2.33. The molecule has 2 aromatic carbocycles. The van der Waals surface area contributed by atoms with Crippen LogP contribution < -0.4 is 5.73 Å². The minimum Gasteiger partial charge on any atom is -0.337 e. The molecule has 1 aliphatic rings. The quantitative estimate of drug-likeness (QED) is 0.646. The average molecular weight is 427 g/mol. The van der Waals surface area contributed by atoms with Gasteiger partial charge in [-0.1, -0.05) is 72.7 Å². The SMILES string of the molecule is CC(C(=O)N1CCCCC1c1nc(-c2ccccc2)no1)C(N)c1ccccc1.Cl. The Hall–Kier alpha value is -2.70. The number of aromatic nitrogens is 2. The highest BCUT2D eigenvalue weighted by Gasteiger charge is 2.36. The van der Waals surface area contributed by atoms with E-state index in [4.69, 9.17) is 10.3 Å². The van der Waals surface area contributed by atoms with Crippen molar-refractivity contribution in [2.24, 2.45) is 11.7 Å². The summed E-state index contributed by atoms with van der Waals surface area (Å²) in [5.41, 5.74) is 8.27. The van der Waals surface area contributed by atoms with Crippen molar-refractivity contribution in [3.8, 4) is 11.4 Å². The van der Waals surface area contributed by atoms with Crippen LogP contribution in [0.1, 0.15) is 49.7 Å². The molecule has 30 heavy (non-hydrogen) atoms. The van der Waals surface area contributed by atoms with E-state index in [0.717, 1.165) is 30.4 Å². The molecule has 0 radical (unpaired) electrons. The molecule has 0 saturated carbocycles. The van der Waals surface area contributed by atoms with Crippen LogP contribution in [0.3, 0.4) is 0 Å². The number of carbonyl (C=O) groups excluding carboxylic acids is 1. The van der Waals surface area contributed by atoms with Crippen molar-refractivity contribution in [1.29, 1.82) is 0 Å². The van der Waals surface area contributed by atoms with Crippen LogP contribution in [0.5, 0.6) is 0 Å². The first kappa shape index (κ1) is 22.0. The maximum Gasteiger partial charge on any atom is 0.249 e. The fourth-order valence-electron chi connectivity index (χ4n) is 3.91. The third kappa shape index (κ3) is 4.55. The molecule has 158 valence electrons. The molecule has 0 aliphatic carbocycles. The lowest BCUT2D eigenvalue weighted by atomic mass is 9.92. The molecule has 4 rings (SSSR count). The maximum absolute atomic E-state index is 13.3. The number of halogens is 1. The lowest BCUT2D eigenvalue weighted by Crippen LogP contribution is -2.44. The van der Waals surface area contributed by atoms with Crippen LogP contribution in [0.2, 0.25) is 0 Å². The van der Waals surface area contributed by atoms with Crippen LogP contribution in [0, 0.1) is 5.92 Å². The van der Waals surface area contributed by atoms with Crippen LogP contribution in [0.4, 0.5) is 0 Å². The molecular weight excluding hydrogens is 400 g/mol. The van der Waals surface area contributed by atoms with Gasteiger partial charge in [0.25, 0.3) is 0 Å². The normalized spacial score (nSPS) is 18.3. The number of likely N-dealkylation sites (tertiary alicyclic amines) is 1. The second-order valence-corrected chi connectivity index (χ2v) is 7.59. The molecule has 2 N–H and O–H groups in total. The highest BCUT2D eigenvalue weighted by molar-refractivity contribution is 5.85. The molecule has 1 aromatic heterocycles. The summed E-state index contributed by atoms with van der Waals surface area (Å²) in [6, 6.07) is 18.9. The number of rotatable bonds is 5. The molecule has 1 saturated heterocycles. The van der Waals surface area contributed by atoms with E-state index in [0.29, 0.717) is 18.3 Å². The largest absolute Gasteiger partial charge is 0.337 e. The molecule has 3 atom stereocenters. The van der Waals surface area contributed by atoms with Gasteiger partial charge in [0.1, 0.15) is 6.04 Å². The molecule has 1 aliphatic heterocycles. The van der Waals surface area contributed by atoms with E-state index in [1.807, 2.05) is 72.5 Å². The predicted molar refractivity (Wildman–Crippen MR) is 118 cm³/mol. The summed E-state index contributed by atoms with van der Waals surface area (Å²) in [5.74, 6) is 0.741. The van der Waals surface area contributed by atoms with Gasteiger partial charge in [0, 0.05) is 18.2 Å². The summed E-state index contributed by atoms with van der Waals surface area (Å²) in [7, 11) is 0. The third-order valence-corrected chi connectivity index (χ3v) is 5.66. The fourth-order valence-corrected chi connectivity index (χ4v) is 3.91. The summed E-state index contributed by atoms with van der Waals surface area (Å²) in [6.07, 6.45) is 2.81. The Morgan fingerprint density at radius 3 is 2.47 bits per heavy atom. The van der Waals surface area contributed by atoms with Gasteiger partial charge in [-0.15, -0.1) is 12.4 Å². The number of nitrogens with zero attached hydrogens (tertiary/aromatic N) is 3. The molecule has 0 bridgehead atoms. The van der Waals surface area contributed by atoms with Crippen molar-refractivity contribution in [1.82, 2.24) is 15.0 Å². The summed E-state index contributed by atoms with van der Waals surface area (Å²) in [4.78, 5) is 19.8. The summed E-state index contributed by atoms with van der Waals surface area (Å²) < 4.78 is 5.58. The first-order chi connectivity index (χ1) is 14.1. The lowest BCUT2D eigenvalue weighted by Gasteiger charge is -2.36. The number of benzene rings is 2. The van der Waals surface area contributed by atoms with Crippen LogP contribution in [0.15, 0.2) is 65.2 Å². The van der Waals surface area contributed by atoms with Crippen LogP contribution in [-0.4, -0.2) is 27.5 Å². The first-order valence-electron chi connectivity index (χ1n) is 10.1.